The molecule has 0 spiro atoms. The van der Waals surface area contributed by atoms with Crippen LogP contribution < -0.4 is 11.5 Å². The van der Waals surface area contributed by atoms with Crippen molar-refractivity contribution in [3.8, 4) is 0 Å². The van der Waals surface area contributed by atoms with Gasteiger partial charge >= 0.3 is 0 Å². The van der Waals surface area contributed by atoms with E-state index in [4.69, 9.17) is 11.5 Å². The van der Waals surface area contributed by atoms with Gasteiger partial charge in [-0.05, 0) is 75.9 Å². The molecule has 0 radical (unpaired) electrons. The molecule has 0 heterocycles. The molecule has 0 amide bonds. The van der Waals surface area contributed by atoms with Gasteiger partial charge in [-0.2, -0.15) is 0 Å². The van der Waals surface area contributed by atoms with Crippen molar-refractivity contribution in [1.82, 2.24) is 0 Å². The number of nitrogens with two attached hydrogens (primary N) is 2. The summed E-state index contributed by atoms with van der Waals surface area (Å²) in [6.45, 7) is 15.4. The molecular formula is C21H28N2O. The number of carbonyl (C=O) groups is 1. The standard InChI is InChI=1S/C11H15N.C10H13NO/c1-7(2)10-6-8(3)5-9(4)11(10)12;1-6-4-7(2)10(11)9(5-6)8(3)12/h5-6H,1,12H2,2-4H3;4-5H,11H2,1-3H3. The van der Waals surface area contributed by atoms with Crippen molar-refractivity contribution >= 4 is 22.7 Å². The highest BCUT2D eigenvalue weighted by atomic mass is 16.1. The first-order chi connectivity index (χ1) is 11.0. The predicted molar refractivity (Wildman–Crippen MR) is 105 cm³/mol. The Morgan fingerprint density at radius 1 is 0.792 bits per heavy atom. The minimum absolute atomic E-state index is 0.0271. The molecule has 0 aliphatic rings. The zero-order valence-electron chi connectivity index (χ0n) is 15.6. The van der Waals surface area contributed by atoms with E-state index >= 15 is 0 Å². The van der Waals surface area contributed by atoms with E-state index < -0.39 is 0 Å². The fourth-order valence-electron chi connectivity index (χ4n) is 2.60. The smallest absolute Gasteiger partial charge is 0.161 e. The zero-order chi connectivity index (χ0) is 18.6. The molecule has 0 saturated carbocycles. The van der Waals surface area contributed by atoms with E-state index in [1.165, 1.54) is 12.5 Å². The second-order valence-electron chi connectivity index (χ2n) is 6.42. The molecule has 0 fully saturated rings. The number of hydrogen-bond acceptors (Lipinski definition) is 3. The van der Waals surface area contributed by atoms with Crippen molar-refractivity contribution in [2.45, 2.75) is 41.5 Å². The van der Waals surface area contributed by atoms with E-state index in [9.17, 15) is 4.79 Å². The van der Waals surface area contributed by atoms with Crippen LogP contribution in [0.2, 0.25) is 0 Å². The maximum absolute atomic E-state index is 11.1. The SMILES string of the molecule is C=C(C)c1cc(C)cc(C)c1N.CC(=O)c1cc(C)cc(C)c1N. The van der Waals surface area contributed by atoms with Crippen molar-refractivity contribution in [3.63, 3.8) is 0 Å². The fourth-order valence-corrected chi connectivity index (χ4v) is 2.60. The first-order valence-corrected chi connectivity index (χ1v) is 7.94. The van der Waals surface area contributed by atoms with Crippen LogP contribution in [0.4, 0.5) is 11.4 Å². The number of rotatable bonds is 2. The molecule has 128 valence electrons. The lowest BCUT2D eigenvalue weighted by atomic mass is 10.0. The highest BCUT2D eigenvalue weighted by Gasteiger charge is 2.07. The van der Waals surface area contributed by atoms with E-state index in [0.717, 1.165) is 33.5 Å². The van der Waals surface area contributed by atoms with E-state index in [1.54, 1.807) is 0 Å². The van der Waals surface area contributed by atoms with Gasteiger partial charge < -0.3 is 11.5 Å². The Morgan fingerprint density at radius 2 is 1.17 bits per heavy atom. The minimum Gasteiger partial charge on any atom is -0.398 e. The molecule has 4 N–H and O–H groups in total. The Labute approximate surface area is 145 Å². The van der Waals surface area contributed by atoms with Crippen LogP contribution in [0.15, 0.2) is 30.8 Å². The summed E-state index contributed by atoms with van der Waals surface area (Å²) in [5.74, 6) is 0.0271. The first-order valence-electron chi connectivity index (χ1n) is 7.94. The van der Waals surface area contributed by atoms with Gasteiger partial charge in [0.05, 0.1) is 0 Å². The molecule has 3 heteroatoms. The van der Waals surface area contributed by atoms with Crippen molar-refractivity contribution < 1.29 is 4.79 Å². The Morgan fingerprint density at radius 3 is 1.54 bits per heavy atom. The third-order valence-electron chi connectivity index (χ3n) is 3.90. The third-order valence-corrected chi connectivity index (χ3v) is 3.90. The molecule has 0 bridgehead atoms. The largest absolute Gasteiger partial charge is 0.398 e. The van der Waals surface area contributed by atoms with Crippen LogP contribution in [-0.2, 0) is 0 Å². The Balaban J connectivity index is 0.000000240. The van der Waals surface area contributed by atoms with Crippen molar-refractivity contribution in [2.75, 3.05) is 11.5 Å². The van der Waals surface area contributed by atoms with Crippen LogP contribution in [0.5, 0.6) is 0 Å². The molecule has 0 aromatic heterocycles. The van der Waals surface area contributed by atoms with Gasteiger partial charge in [0.2, 0.25) is 0 Å². The Hall–Kier alpha value is -2.55. The number of allylic oxidation sites excluding steroid dienone is 1. The molecule has 2 aromatic rings. The van der Waals surface area contributed by atoms with Gasteiger partial charge in [-0.1, -0.05) is 24.3 Å². The fraction of sp³-hybridized carbons (Fsp3) is 0.286. The van der Waals surface area contributed by atoms with Gasteiger partial charge in [-0.3, -0.25) is 4.79 Å². The number of aryl methyl sites for hydroxylation is 4. The predicted octanol–water partition coefficient (Wildman–Crippen LogP) is 5.01. The van der Waals surface area contributed by atoms with Crippen LogP contribution in [0.1, 0.15) is 52.0 Å². The van der Waals surface area contributed by atoms with E-state index in [0.29, 0.717) is 11.3 Å². The van der Waals surface area contributed by atoms with Gasteiger partial charge in [0, 0.05) is 22.5 Å². The van der Waals surface area contributed by atoms with Crippen LogP contribution >= 0.6 is 0 Å². The number of carbonyl (C=O) groups excluding carboxylic acids is 1. The van der Waals surface area contributed by atoms with E-state index in [2.05, 4.69) is 25.6 Å². The molecule has 0 unspecified atom stereocenters. The second-order valence-corrected chi connectivity index (χ2v) is 6.42. The number of anilines is 2. The summed E-state index contributed by atoms with van der Waals surface area (Å²) in [4.78, 5) is 11.1. The first kappa shape index (κ1) is 19.5. The van der Waals surface area contributed by atoms with Crippen molar-refractivity contribution in [3.05, 3.63) is 64.2 Å². The maximum Gasteiger partial charge on any atom is 0.161 e. The summed E-state index contributed by atoms with van der Waals surface area (Å²) >= 11 is 0. The summed E-state index contributed by atoms with van der Waals surface area (Å²) in [5.41, 5.74) is 20.2. The van der Waals surface area contributed by atoms with Gasteiger partial charge in [0.1, 0.15) is 0 Å². The Kier molecular flexibility index (Phi) is 6.35. The summed E-state index contributed by atoms with van der Waals surface area (Å²) < 4.78 is 0. The minimum atomic E-state index is 0.0271. The van der Waals surface area contributed by atoms with Crippen LogP contribution in [0.25, 0.3) is 5.57 Å². The molecular weight excluding hydrogens is 296 g/mol. The average Bonchev–Trinajstić information content (AvgIpc) is 2.46. The highest BCUT2D eigenvalue weighted by molar-refractivity contribution is 5.99. The van der Waals surface area contributed by atoms with Gasteiger partial charge in [0.15, 0.2) is 5.78 Å². The molecule has 0 atom stereocenters. The molecule has 0 saturated heterocycles. The highest BCUT2D eigenvalue weighted by Crippen LogP contribution is 2.24. The topological polar surface area (TPSA) is 69.1 Å². The van der Waals surface area contributed by atoms with Gasteiger partial charge in [0.25, 0.3) is 0 Å². The molecule has 2 aromatic carbocycles. The number of hydrogen-bond donors (Lipinski definition) is 2. The average molecular weight is 324 g/mol. The summed E-state index contributed by atoms with van der Waals surface area (Å²) in [7, 11) is 0. The van der Waals surface area contributed by atoms with E-state index in [-0.39, 0.29) is 5.78 Å². The zero-order valence-corrected chi connectivity index (χ0v) is 15.6. The molecule has 3 nitrogen and oxygen atoms in total. The molecule has 0 aliphatic carbocycles. The number of benzene rings is 2. The molecule has 2 rings (SSSR count). The third kappa shape index (κ3) is 4.72. The van der Waals surface area contributed by atoms with Gasteiger partial charge in [-0.25, -0.2) is 0 Å². The molecule has 24 heavy (non-hydrogen) atoms. The summed E-state index contributed by atoms with van der Waals surface area (Å²) in [5, 5.41) is 0. The number of Topliss-reactive ketones (excluding diaryl/α,β-unsaturated/α-hetero) is 1. The second kappa shape index (κ2) is 7.82. The van der Waals surface area contributed by atoms with Crippen LogP contribution in [0.3, 0.4) is 0 Å². The number of ketones is 1. The lowest BCUT2D eigenvalue weighted by Gasteiger charge is -2.09. The number of nitrogen functional groups attached to an aromatic ring is 2. The maximum atomic E-state index is 11.1. The van der Waals surface area contributed by atoms with Gasteiger partial charge in [-0.15, -0.1) is 0 Å². The monoisotopic (exact) mass is 324 g/mol. The quantitative estimate of drug-likeness (QED) is 0.603. The van der Waals surface area contributed by atoms with Crippen molar-refractivity contribution in [1.29, 1.82) is 0 Å². The summed E-state index contributed by atoms with van der Waals surface area (Å²) in [6, 6.07) is 7.96. The normalized spacial score (nSPS) is 9.92. The van der Waals surface area contributed by atoms with Crippen LogP contribution in [0, 0.1) is 27.7 Å². The lowest BCUT2D eigenvalue weighted by molar-refractivity contribution is 0.101. The summed E-state index contributed by atoms with van der Waals surface area (Å²) in [6.07, 6.45) is 0. The molecule has 0 aliphatic heterocycles. The van der Waals surface area contributed by atoms with Crippen LogP contribution in [-0.4, -0.2) is 5.78 Å². The van der Waals surface area contributed by atoms with Crippen molar-refractivity contribution in [2.24, 2.45) is 0 Å². The lowest BCUT2D eigenvalue weighted by Crippen LogP contribution is -2.02. The van der Waals surface area contributed by atoms with E-state index in [1.807, 2.05) is 39.8 Å². The Bertz CT molecular complexity index is 721.